The van der Waals surface area contributed by atoms with Crippen molar-refractivity contribution in [1.29, 1.82) is 0 Å². The molecule has 0 radical (unpaired) electrons. The molecule has 0 spiro atoms. The molecule has 1 aliphatic heterocycles. The highest BCUT2D eigenvalue weighted by Gasteiger charge is 2.20. The fourth-order valence-electron chi connectivity index (χ4n) is 1.56. The zero-order valence-corrected chi connectivity index (χ0v) is 8.90. The SMILES string of the molecule is CC(C)C1CN[C@@H](CCS)CN1. The Labute approximate surface area is 80.9 Å². The highest BCUT2D eigenvalue weighted by Crippen LogP contribution is 2.06. The second-order valence-electron chi connectivity index (χ2n) is 3.88. The molecule has 2 atom stereocenters. The second kappa shape index (κ2) is 5.10. The van der Waals surface area contributed by atoms with Crippen LogP contribution in [0.3, 0.4) is 0 Å². The van der Waals surface area contributed by atoms with E-state index in [2.05, 4.69) is 37.1 Å². The molecule has 1 fully saturated rings. The van der Waals surface area contributed by atoms with Gasteiger partial charge in [0.2, 0.25) is 0 Å². The first-order valence-corrected chi connectivity index (χ1v) is 5.45. The van der Waals surface area contributed by atoms with Crippen molar-refractivity contribution in [2.45, 2.75) is 32.4 Å². The first-order valence-electron chi connectivity index (χ1n) is 4.81. The van der Waals surface area contributed by atoms with Crippen molar-refractivity contribution in [3.63, 3.8) is 0 Å². The highest BCUT2D eigenvalue weighted by molar-refractivity contribution is 7.80. The largest absolute Gasteiger partial charge is 0.311 e. The minimum atomic E-state index is 0.637. The summed E-state index contributed by atoms with van der Waals surface area (Å²) in [7, 11) is 0. The van der Waals surface area contributed by atoms with Gasteiger partial charge in [0.05, 0.1) is 0 Å². The highest BCUT2D eigenvalue weighted by atomic mass is 32.1. The van der Waals surface area contributed by atoms with Gasteiger partial charge in [0.15, 0.2) is 0 Å². The van der Waals surface area contributed by atoms with E-state index in [9.17, 15) is 0 Å². The molecule has 1 unspecified atom stereocenters. The lowest BCUT2D eigenvalue weighted by molar-refractivity contribution is 0.291. The van der Waals surface area contributed by atoms with Gasteiger partial charge in [-0.3, -0.25) is 0 Å². The molecular formula is C9H20N2S. The average Bonchev–Trinajstić information content (AvgIpc) is 2.06. The Morgan fingerprint density at radius 2 is 2.08 bits per heavy atom. The summed E-state index contributed by atoms with van der Waals surface area (Å²) in [6, 6.07) is 1.29. The van der Waals surface area contributed by atoms with Crippen molar-refractivity contribution in [3.8, 4) is 0 Å². The molecule has 2 nitrogen and oxygen atoms in total. The molecule has 0 saturated carbocycles. The van der Waals surface area contributed by atoms with Gasteiger partial charge in [-0.25, -0.2) is 0 Å². The Morgan fingerprint density at radius 1 is 1.33 bits per heavy atom. The lowest BCUT2D eigenvalue weighted by atomic mass is 10.0. The van der Waals surface area contributed by atoms with Crippen LogP contribution in [0.2, 0.25) is 0 Å². The van der Waals surface area contributed by atoms with Gasteiger partial charge >= 0.3 is 0 Å². The van der Waals surface area contributed by atoms with Crippen molar-refractivity contribution < 1.29 is 0 Å². The molecule has 3 heteroatoms. The van der Waals surface area contributed by atoms with Crippen LogP contribution in [0, 0.1) is 5.92 Å². The Morgan fingerprint density at radius 3 is 2.50 bits per heavy atom. The van der Waals surface area contributed by atoms with Gasteiger partial charge in [-0.2, -0.15) is 12.6 Å². The van der Waals surface area contributed by atoms with Crippen LogP contribution in [0.1, 0.15) is 20.3 Å². The predicted molar refractivity (Wildman–Crippen MR) is 56.9 cm³/mol. The molecule has 0 aromatic rings. The van der Waals surface area contributed by atoms with Crippen LogP contribution in [0.5, 0.6) is 0 Å². The zero-order chi connectivity index (χ0) is 8.97. The first-order chi connectivity index (χ1) is 5.74. The summed E-state index contributed by atoms with van der Waals surface area (Å²) in [5, 5.41) is 7.10. The summed E-state index contributed by atoms with van der Waals surface area (Å²) in [5.41, 5.74) is 0. The van der Waals surface area contributed by atoms with Gasteiger partial charge in [0.1, 0.15) is 0 Å². The third kappa shape index (κ3) is 2.96. The minimum absolute atomic E-state index is 0.637. The van der Waals surface area contributed by atoms with Crippen LogP contribution in [0.4, 0.5) is 0 Å². The quantitative estimate of drug-likeness (QED) is 0.573. The van der Waals surface area contributed by atoms with Gasteiger partial charge in [-0.15, -0.1) is 0 Å². The van der Waals surface area contributed by atoms with Crippen LogP contribution in [0.25, 0.3) is 0 Å². The number of rotatable bonds is 3. The molecule has 1 rings (SSSR count). The molecule has 1 aliphatic rings. The van der Waals surface area contributed by atoms with Crippen LogP contribution >= 0.6 is 12.6 Å². The summed E-state index contributed by atoms with van der Waals surface area (Å²) >= 11 is 4.23. The Balaban J connectivity index is 2.20. The molecule has 0 aromatic heterocycles. The van der Waals surface area contributed by atoms with E-state index in [1.165, 1.54) is 6.42 Å². The Bertz CT molecular complexity index is 120. The van der Waals surface area contributed by atoms with Crippen molar-refractivity contribution in [2.24, 2.45) is 5.92 Å². The van der Waals surface area contributed by atoms with Crippen molar-refractivity contribution in [1.82, 2.24) is 10.6 Å². The molecule has 0 aliphatic carbocycles. The smallest absolute Gasteiger partial charge is 0.0216 e. The summed E-state index contributed by atoms with van der Waals surface area (Å²) in [5.74, 6) is 1.71. The van der Waals surface area contributed by atoms with E-state index in [1.807, 2.05) is 0 Å². The fraction of sp³-hybridized carbons (Fsp3) is 1.00. The third-order valence-electron chi connectivity index (χ3n) is 2.54. The number of nitrogens with one attached hydrogen (secondary N) is 2. The number of piperazine rings is 1. The van der Waals surface area contributed by atoms with E-state index in [-0.39, 0.29) is 0 Å². The van der Waals surface area contributed by atoms with Gasteiger partial charge in [0.25, 0.3) is 0 Å². The van der Waals surface area contributed by atoms with Gasteiger partial charge in [-0.05, 0) is 18.1 Å². The molecule has 2 N–H and O–H groups in total. The fourth-order valence-corrected chi connectivity index (χ4v) is 1.87. The van der Waals surface area contributed by atoms with E-state index in [4.69, 9.17) is 0 Å². The molecule has 0 amide bonds. The standard InChI is InChI=1S/C9H20N2S/c1-7(2)9-6-10-8(3-4-12)5-11-9/h7-12H,3-6H2,1-2H3/t8-,9?/m0/s1. The maximum absolute atomic E-state index is 4.23. The molecule has 12 heavy (non-hydrogen) atoms. The molecule has 0 aromatic carbocycles. The molecule has 72 valence electrons. The summed E-state index contributed by atoms with van der Waals surface area (Å²) < 4.78 is 0. The van der Waals surface area contributed by atoms with Crippen LogP contribution in [-0.4, -0.2) is 30.9 Å². The van der Waals surface area contributed by atoms with Crippen LogP contribution in [0.15, 0.2) is 0 Å². The summed E-state index contributed by atoms with van der Waals surface area (Å²) in [6.07, 6.45) is 1.17. The summed E-state index contributed by atoms with van der Waals surface area (Å²) in [6.45, 7) is 6.73. The van der Waals surface area contributed by atoms with Crippen molar-refractivity contribution in [2.75, 3.05) is 18.8 Å². The van der Waals surface area contributed by atoms with E-state index in [0.717, 1.165) is 24.8 Å². The maximum Gasteiger partial charge on any atom is 0.0216 e. The Kier molecular flexibility index (Phi) is 4.40. The van der Waals surface area contributed by atoms with E-state index in [0.29, 0.717) is 12.1 Å². The lowest BCUT2D eigenvalue weighted by Gasteiger charge is -2.33. The van der Waals surface area contributed by atoms with Crippen LogP contribution in [-0.2, 0) is 0 Å². The second-order valence-corrected chi connectivity index (χ2v) is 4.32. The van der Waals surface area contributed by atoms with Crippen molar-refractivity contribution >= 4 is 12.6 Å². The number of hydrogen-bond donors (Lipinski definition) is 3. The van der Waals surface area contributed by atoms with Gasteiger partial charge < -0.3 is 10.6 Å². The van der Waals surface area contributed by atoms with Crippen molar-refractivity contribution in [3.05, 3.63) is 0 Å². The Hall–Kier alpha value is 0.270. The van der Waals surface area contributed by atoms with Gasteiger partial charge in [0, 0.05) is 25.2 Å². The predicted octanol–water partition coefficient (Wildman–Crippen LogP) is 0.892. The molecule has 1 heterocycles. The van der Waals surface area contributed by atoms with E-state index < -0.39 is 0 Å². The third-order valence-corrected chi connectivity index (χ3v) is 2.79. The number of thiol groups is 1. The average molecular weight is 188 g/mol. The van der Waals surface area contributed by atoms with E-state index in [1.54, 1.807) is 0 Å². The minimum Gasteiger partial charge on any atom is -0.311 e. The zero-order valence-electron chi connectivity index (χ0n) is 8.01. The van der Waals surface area contributed by atoms with Gasteiger partial charge in [-0.1, -0.05) is 13.8 Å². The normalized spacial score (nSPS) is 31.0. The summed E-state index contributed by atoms with van der Waals surface area (Å²) in [4.78, 5) is 0. The monoisotopic (exact) mass is 188 g/mol. The molecular weight excluding hydrogens is 168 g/mol. The maximum atomic E-state index is 4.23. The number of hydrogen-bond acceptors (Lipinski definition) is 3. The van der Waals surface area contributed by atoms with Crippen LogP contribution < -0.4 is 10.6 Å². The van der Waals surface area contributed by atoms with E-state index >= 15 is 0 Å². The molecule has 1 saturated heterocycles. The first kappa shape index (κ1) is 10.4. The topological polar surface area (TPSA) is 24.1 Å². The molecule has 0 bridgehead atoms. The lowest BCUT2D eigenvalue weighted by Crippen LogP contribution is -2.56.